The van der Waals surface area contributed by atoms with E-state index in [1.165, 1.54) is 24.5 Å². The lowest BCUT2D eigenvalue weighted by Crippen LogP contribution is -2.43. The Bertz CT molecular complexity index is 968. The van der Waals surface area contributed by atoms with E-state index >= 15 is 0 Å². The molecule has 1 aromatic heterocycles. The number of amides is 1. The predicted molar refractivity (Wildman–Crippen MR) is 102 cm³/mol. The van der Waals surface area contributed by atoms with Gasteiger partial charge in [0.05, 0.1) is 6.26 Å². The van der Waals surface area contributed by atoms with E-state index in [4.69, 9.17) is 9.15 Å². The summed E-state index contributed by atoms with van der Waals surface area (Å²) < 4.78 is 23.1. The Balaban J connectivity index is 1.66. The zero-order valence-electron chi connectivity index (χ0n) is 15.3. The summed E-state index contributed by atoms with van der Waals surface area (Å²) in [7, 11) is 0. The van der Waals surface area contributed by atoms with Crippen molar-refractivity contribution in [3.05, 3.63) is 95.7 Å². The van der Waals surface area contributed by atoms with Crippen molar-refractivity contribution < 1.29 is 27.9 Å². The van der Waals surface area contributed by atoms with Crippen LogP contribution in [-0.4, -0.2) is 30.3 Å². The molecule has 6 nitrogen and oxygen atoms in total. The van der Waals surface area contributed by atoms with Gasteiger partial charge >= 0.3 is 5.97 Å². The summed E-state index contributed by atoms with van der Waals surface area (Å²) in [6.45, 7) is -0.521. The zero-order chi connectivity index (χ0) is 20.6. The van der Waals surface area contributed by atoms with Gasteiger partial charge < -0.3 is 14.5 Å². The molecule has 0 aliphatic heterocycles. The summed E-state index contributed by atoms with van der Waals surface area (Å²) in [6.07, 6.45) is 1.53. The molecule has 0 fully saturated rings. The highest BCUT2D eigenvalue weighted by molar-refractivity contribution is 5.98. The molecular formula is C22H18FNO5. The second-order valence-corrected chi connectivity index (χ2v) is 6.23. The van der Waals surface area contributed by atoms with Gasteiger partial charge in [0.2, 0.25) is 0 Å². The minimum Gasteiger partial charge on any atom is -0.459 e. The maximum Gasteiger partial charge on any atom is 0.329 e. The van der Waals surface area contributed by atoms with Gasteiger partial charge in [-0.1, -0.05) is 30.3 Å². The summed E-state index contributed by atoms with van der Waals surface area (Å²) >= 11 is 0. The largest absolute Gasteiger partial charge is 0.459 e. The van der Waals surface area contributed by atoms with Gasteiger partial charge in [0.25, 0.3) is 5.91 Å². The topological polar surface area (TPSA) is 85.6 Å². The second kappa shape index (κ2) is 9.45. The van der Waals surface area contributed by atoms with Crippen LogP contribution in [0.3, 0.4) is 0 Å². The van der Waals surface area contributed by atoms with Crippen LogP contribution in [0.15, 0.2) is 77.4 Å². The molecule has 7 heteroatoms. The smallest absolute Gasteiger partial charge is 0.329 e. The van der Waals surface area contributed by atoms with Crippen LogP contribution in [0.4, 0.5) is 4.39 Å². The molecule has 0 aliphatic rings. The zero-order valence-corrected chi connectivity index (χ0v) is 15.3. The van der Waals surface area contributed by atoms with E-state index in [9.17, 15) is 18.8 Å². The van der Waals surface area contributed by atoms with Gasteiger partial charge in [-0.2, -0.15) is 0 Å². The number of carbonyl (C=O) groups is 3. The monoisotopic (exact) mass is 395 g/mol. The van der Waals surface area contributed by atoms with Gasteiger partial charge in [-0.05, 0) is 42.0 Å². The first-order valence-electron chi connectivity index (χ1n) is 8.86. The number of halogens is 1. The molecule has 0 bridgehead atoms. The fourth-order valence-corrected chi connectivity index (χ4v) is 2.64. The van der Waals surface area contributed by atoms with Gasteiger partial charge in [0.15, 0.2) is 18.2 Å². The first-order chi connectivity index (χ1) is 14.0. The van der Waals surface area contributed by atoms with Crippen molar-refractivity contribution in [2.75, 3.05) is 6.61 Å². The molecule has 1 N–H and O–H groups in total. The molecule has 0 spiro atoms. The molecule has 148 valence electrons. The average molecular weight is 395 g/mol. The van der Waals surface area contributed by atoms with Crippen LogP contribution in [0.2, 0.25) is 0 Å². The Kier molecular flexibility index (Phi) is 6.52. The molecule has 2 aromatic carbocycles. The highest BCUT2D eigenvalue weighted by Crippen LogP contribution is 2.09. The number of furan rings is 1. The minimum atomic E-state index is -1.02. The summed E-state index contributed by atoms with van der Waals surface area (Å²) in [4.78, 5) is 37.0. The van der Waals surface area contributed by atoms with Crippen molar-refractivity contribution in [3.63, 3.8) is 0 Å². The van der Waals surface area contributed by atoms with Crippen LogP contribution >= 0.6 is 0 Å². The van der Waals surface area contributed by atoms with Crippen molar-refractivity contribution in [1.82, 2.24) is 5.32 Å². The van der Waals surface area contributed by atoms with E-state index in [0.29, 0.717) is 0 Å². The summed E-state index contributed by atoms with van der Waals surface area (Å²) in [5.41, 5.74) is 1.03. The Morgan fingerprint density at radius 2 is 1.69 bits per heavy atom. The van der Waals surface area contributed by atoms with Gasteiger partial charge in [-0.25, -0.2) is 9.18 Å². The third-order valence-electron chi connectivity index (χ3n) is 4.13. The summed E-state index contributed by atoms with van der Waals surface area (Å²) in [6, 6.07) is 16.0. The first kappa shape index (κ1) is 20.0. The van der Waals surface area contributed by atoms with Crippen LogP contribution in [0.5, 0.6) is 0 Å². The van der Waals surface area contributed by atoms with Gasteiger partial charge in [0, 0.05) is 12.0 Å². The van der Waals surface area contributed by atoms with E-state index in [-0.39, 0.29) is 17.7 Å². The van der Waals surface area contributed by atoms with Crippen molar-refractivity contribution in [3.8, 4) is 0 Å². The number of nitrogens with one attached hydrogen (secondary N) is 1. The van der Waals surface area contributed by atoms with Gasteiger partial charge in [-0.15, -0.1) is 0 Å². The second-order valence-electron chi connectivity index (χ2n) is 6.23. The van der Waals surface area contributed by atoms with Crippen molar-refractivity contribution in [2.24, 2.45) is 0 Å². The first-order valence-corrected chi connectivity index (χ1v) is 8.86. The number of Topliss-reactive ketones (excluding diaryl/α,β-unsaturated/α-hetero) is 1. The number of ketones is 1. The number of esters is 1. The van der Waals surface area contributed by atoms with Crippen molar-refractivity contribution in [2.45, 2.75) is 12.5 Å². The third-order valence-corrected chi connectivity index (χ3v) is 4.13. The standard InChI is InChI=1S/C22H18FNO5/c23-17-10-8-16(9-11-17)19(25)14-29-22(27)18(13-15-5-2-1-3-6-15)24-21(26)20-7-4-12-28-20/h1-12,18H,13-14H2,(H,24,26)/t18-/m0/s1. The van der Waals surface area contributed by atoms with E-state index in [1.54, 1.807) is 6.07 Å². The maximum absolute atomic E-state index is 13.0. The van der Waals surface area contributed by atoms with Gasteiger partial charge in [-0.3, -0.25) is 9.59 Å². The van der Waals surface area contributed by atoms with Crippen LogP contribution in [0.25, 0.3) is 0 Å². The Labute approximate surface area is 166 Å². The molecular weight excluding hydrogens is 377 g/mol. The number of rotatable bonds is 8. The van der Waals surface area contributed by atoms with Crippen LogP contribution in [0, 0.1) is 5.82 Å². The lowest BCUT2D eigenvalue weighted by atomic mass is 10.1. The van der Waals surface area contributed by atoms with Crippen LogP contribution in [0.1, 0.15) is 26.5 Å². The highest BCUT2D eigenvalue weighted by atomic mass is 19.1. The fourth-order valence-electron chi connectivity index (χ4n) is 2.64. The maximum atomic E-state index is 13.0. The normalized spacial score (nSPS) is 11.5. The van der Waals surface area contributed by atoms with E-state index < -0.39 is 36.1 Å². The van der Waals surface area contributed by atoms with Gasteiger partial charge in [0.1, 0.15) is 11.9 Å². The average Bonchev–Trinajstić information content (AvgIpc) is 3.27. The van der Waals surface area contributed by atoms with Crippen molar-refractivity contribution >= 4 is 17.7 Å². The third kappa shape index (κ3) is 5.62. The molecule has 3 rings (SSSR count). The number of ether oxygens (including phenoxy) is 1. The molecule has 0 saturated carbocycles. The van der Waals surface area contributed by atoms with E-state index in [2.05, 4.69) is 5.32 Å². The molecule has 1 atom stereocenters. The van der Waals surface area contributed by atoms with Crippen molar-refractivity contribution in [1.29, 1.82) is 0 Å². The highest BCUT2D eigenvalue weighted by Gasteiger charge is 2.25. The summed E-state index contributed by atoms with van der Waals surface area (Å²) in [5.74, 6) is -2.23. The number of hydrogen-bond donors (Lipinski definition) is 1. The number of carbonyl (C=O) groups excluding carboxylic acids is 3. The SMILES string of the molecule is O=C(COC(=O)[C@H](Cc1ccccc1)NC(=O)c1ccco1)c1ccc(F)cc1. The molecule has 29 heavy (non-hydrogen) atoms. The molecule has 0 unspecified atom stereocenters. The predicted octanol–water partition coefficient (Wildman–Crippen LogP) is 3.19. The van der Waals surface area contributed by atoms with E-state index in [0.717, 1.165) is 17.7 Å². The number of benzene rings is 2. The lowest BCUT2D eigenvalue weighted by Gasteiger charge is -2.17. The van der Waals surface area contributed by atoms with Crippen LogP contribution < -0.4 is 5.32 Å². The molecule has 0 saturated heterocycles. The fraction of sp³-hybridized carbons (Fsp3) is 0.136. The number of hydrogen-bond acceptors (Lipinski definition) is 5. The minimum absolute atomic E-state index is 0.0539. The quantitative estimate of drug-likeness (QED) is 0.468. The Morgan fingerprint density at radius 1 is 0.966 bits per heavy atom. The van der Waals surface area contributed by atoms with Crippen LogP contribution in [-0.2, 0) is 16.0 Å². The Hall–Kier alpha value is -3.74. The summed E-state index contributed by atoms with van der Waals surface area (Å²) in [5, 5.41) is 2.57. The molecule has 1 heterocycles. The molecule has 1 amide bonds. The lowest BCUT2D eigenvalue weighted by molar-refractivity contribution is -0.144. The molecule has 3 aromatic rings. The Morgan fingerprint density at radius 3 is 2.34 bits per heavy atom. The molecule has 0 radical (unpaired) electrons. The van der Waals surface area contributed by atoms with E-state index in [1.807, 2.05) is 30.3 Å². The molecule has 0 aliphatic carbocycles.